The predicted octanol–water partition coefficient (Wildman–Crippen LogP) is 3.39. The SMILES string of the molecule is C=C(C)C(=O)OC(C)(C)C1C2CC3OC(=O)C1C3C2.CC(C)(O)C1C2CC3OC(=O)C1C3C2.COC(=O)C1C2CC3OC(=O)C1C3C2. The Hall–Kier alpha value is -2.95. The Morgan fingerprint density at radius 1 is 0.723 bits per heavy atom. The monoisotopic (exact) mass is 656 g/mol. The Balaban J connectivity index is 0.000000114. The average molecular weight is 657 g/mol. The molecule has 6 aliphatic carbocycles. The van der Waals surface area contributed by atoms with E-state index in [1.165, 1.54) is 7.11 Å². The van der Waals surface area contributed by atoms with Gasteiger partial charge in [-0.1, -0.05) is 6.58 Å². The third kappa shape index (κ3) is 5.03. The van der Waals surface area contributed by atoms with Crippen molar-refractivity contribution in [3.05, 3.63) is 12.2 Å². The Morgan fingerprint density at radius 3 is 1.64 bits per heavy atom. The van der Waals surface area contributed by atoms with Gasteiger partial charge in [-0.25, -0.2) is 4.79 Å². The average Bonchev–Trinajstić information content (AvgIpc) is 3.82. The van der Waals surface area contributed by atoms with Crippen LogP contribution in [0.5, 0.6) is 0 Å². The van der Waals surface area contributed by atoms with Crippen LogP contribution < -0.4 is 0 Å². The highest BCUT2D eigenvalue weighted by atomic mass is 16.6. The first kappa shape index (κ1) is 32.6. The van der Waals surface area contributed by atoms with Crippen molar-refractivity contribution < 1.29 is 52.8 Å². The second kappa shape index (κ2) is 11.0. The molecule has 9 rings (SSSR count). The van der Waals surface area contributed by atoms with Gasteiger partial charge in [-0.3, -0.25) is 19.2 Å². The fourth-order valence-corrected chi connectivity index (χ4v) is 11.8. The summed E-state index contributed by atoms with van der Waals surface area (Å²) in [7, 11) is 1.38. The van der Waals surface area contributed by atoms with Gasteiger partial charge in [0.1, 0.15) is 23.9 Å². The van der Waals surface area contributed by atoms with Crippen molar-refractivity contribution in [2.75, 3.05) is 7.11 Å². The zero-order chi connectivity index (χ0) is 33.9. The van der Waals surface area contributed by atoms with Crippen molar-refractivity contribution in [3.63, 3.8) is 0 Å². The highest BCUT2D eigenvalue weighted by molar-refractivity contribution is 5.87. The summed E-state index contributed by atoms with van der Waals surface area (Å²) in [5.74, 6) is 0.988. The minimum Gasteiger partial charge on any atom is -0.469 e. The number of hydrogen-bond acceptors (Lipinski definition) is 11. The molecule has 6 saturated carbocycles. The van der Waals surface area contributed by atoms with Gasteiger partial charge in [0.25, 0.3) is 0 Å². The molecule has 47 heavy (non-hydrogen) atoms. The molecule has 15 atom stereocenters. The van der Waals surface area contributed by atoms with Crippen LogP contribution in [0.2, 0.25) is 0 Å². The Bertz CT molecular complexity index is 1390. The summed E-state index contributed by atoms with van der Waals surface area (Å²) in [5.41, 5.74) is -0.990. The molecule has 9 aliphatic rings. The molecule has 15 unspecified atom stereocenters. The minimum atomic E-state index is -0.738. The summed E-state index contributed by atoms with van der Waals surface area (Å²) in [6.07, 6.45) is 6.21. The van der Waals surface area contributed by atoms with E-state index in [1.54, 1.807) is 6.92 Å². The fourth-order valence-electron chi connectivity index (χ4n) is 11.8. The van der Waals surface area contributed by atoms with Crippen LogP contribution >= 0.6 is 0 Å². The Morgan fingerprint density at radius 2 is 1.15 bits per heavy atom. The number of hydrogen-bond donors (Lipinski definition) is 1. The van der Waals surface area contributed by atoms with Crippen molar-refractivity contribution in [2.24, 2.45) is 71.0 Å². The second-order valence-corrected chi connectivity index (χ2v) is 16.7. The minimum absolute atomic E-state index is 0.0150. The molecule has 0 radical (unpaired) electrons. The van der Waals surface area contributed by atoms with E-state index in [-0.39, 0.29) is 89.6 Å². The van der Waals surface area contributed by atoms with Crippen LogP contribution in [0.1, 0.15) is 73.1 Å². The molecular formula is C36H48O11. The molecule has 0 aromatic rings. The molecule has 0 spiro atoms. The van der Waals surface area contributed by atoms with Crippen LogP contribution in [0.4, 0.5) is 0 Å². The van der Waals surface area contributed by atoms with Crippen LogP contribution in [0.3, 0.4) is 0 Å². The molecule has 3 heterocycles. The first-order chi connectivity index (χ1) is 22.0. The van der Waals surface area contributed by atoms with Gasteiger partial charge < -0.3 is 28.8 Å². The van der Waals surface area contributed by atoms with Crippen molar-refractivity contribution in [2.45, 2.75) is 103 Å². The van der Waals surface area contributed by atoms with Gasteiger partial charge >= 0.3 is 29.8 Å². The van der Waals surface area contributed by atoms with E-state index in [9.17, 15) is 29.1 Å². The number of fused-ring (bicyclic) bond motifs is 3. The van der Waals surface area contributed by atoms with Crippen LogP contribution in [-0.4, -0.2) is 71.6 Å². The van der Waals surface area contributed by atoms with E-state index in [1.807, 2.05) is 27.7 Å². The van der Waals surface area contributed by atoms with Gasteiger partial charge in [0.15, 0.2) is 0 Å². The van der Waals surface area contributed by atoms with Crippen molar-refractivity contribution in [3.8, 4) is 0 Å². The third-order valence-electron chi connectivity index (χ3n) is 13.2. The van der Waals surface area contributed by atoms with Gasteiger partial charge in [-0.05, 0) is 90.9 Å². The van der Waals surface area contributed by atoms with Gasteiger partial charge in [0.05, 0.1) is 36.4 Å². The maximum absolute atomic E-state index is 12.0. The Kier molecular flexibility index (Phi) is 7.65. The van der Waals surface area contributed by atoms with Crippen LogP contribution in [0.25, 0.3) is 0 Å². The molecule has 3 saturated heterocycles. The third-order valence-corrected chi connectivity index (χ3v) is 13.2. The van der Waals surface area contributed by atoms with Crippen LogP contribution in [-0.2, 0) is 47.7 Å². The van der Waals surface area contributed by atoms with E-state index in [0.29, 0.717) is 35.2 Å². The maximum Gasteiger partial charge on any atom is 0.333 e. The van der Waals surface area contributed by atoms with Crippen LogP contribution in [0.15, 0.2) is 12.2 Å². The first-order valence-corrected chi connectivity index (χ1v) is 17.3. The largest absolute Gasteiger partial charge is 0.469 e. The van der Waals surface area contributed by atoms with E-state index in [4.69, 9.17) is 23.7 Å². The molecule has 1 N–H and O–H groups in total. The second-order valence-electron chi connectivity index (χ2n) is 16.7. The number of carbonyl (C=O) groups is 5. The smallest absolute Gasteiger partial charge is 0.333 e. The molecule has 11 nitrogen and oxygen atoms in total. The lowest BCUT2D eigenvalue weighted by Gasteiger charge is -2.38. The van der Waals surface area contributed by atoms with Gasteiger partial charge in [-0.2, -0.15) is 0 Å². The highest BCUT2D eigenvalue weighted by Gasteiger charge is 2.67. The summed E-state index contributed by atoms with van der Waals surface area (Å²) >= 11 is 0. The normalized spacial score (nSPS) is 45.1. The van der Waals surface area contributed by atoms with E-state index < -0.39 is 11.2 Å². The van der Waals surface area contributed by atoms with Crippen molar-refractivity contribution in [1.29, 1.82) is 0 Å². The lowest BCUT2D eigenvalue weighted by atomic mass is 9.71. The van der Waals surface area contributed by atoms with E-state index in [0.717, 1.165) is 38.5 Å². The maximum atomic E-state index is 12.0. The molecule has 0 aromatic carbocycles. The summed E-state index contributed by atoms with van der Waals surface area (Å²) in [5, 5.41) is 10.1. The molecular weight excluding hydrogens is 608 g/mol. The number of ether oxygens (including phenoxy) is 5. The molecule has 6 bridgehead atoms. The fraction of sp³-hybridized carbons (Fsp3) is 0.806. The Labute approximate surface area is 275 Å². The molecule has 3 aliphatic heterocycles. The number of methoxy groups -OCH3 is 1. The molecule has 11 heteroatoms. The van der Waals surface area contributed by atoms with Gasteiger partial charge in [-0.15, -0.1) is 0 Å². The predicted molar refractivity (Wildman–Crippen MR) is 163 cm³/mol. The topological polar surface area (TPSA) is 152 Å². The van der Waals surface area contributed by atoms with Crippen molar-refractivity contribution in [1.82, 2.24) is 0 Å². The standard InChI is InChI=1S/C15H20O4.C11H16O3.C10H12O4/c1-7(2)13(16)19-15(3,4)12-8-5-9-10(6-8)18-14(17)11(9)12;1-11(2,13)9-5-3-6-7(4-5)14-10(12)8(6)9;1-13-9(11)7-4-2-5-6(3-4)14-10(12)8(5)7/h8-12H,1,5-6H2,2-4H3;5-9,13H,3-4H2,1-2H3;4-8H,2-3H2,1H3. The zero-order valence-electron chi connectivity index (χ0n) is 28.1. The van der Waals surface area contributed by atoms with Crippen molar-refractivity contribution >= 4 is 29.8 Å². The quantitative estimate of drug-likeness (QED) is 0.263. The van der Waals surface area contributed by atoms with Gasteiger partial charge in [0, 0.05) is 35.2 Å². The number of carbonyl (C=O) groups excluding carboxylic acids is 5. The summed E-state index contributed by atoms with van der Waals surface area (Å²) in [6, 6.07) is 0. The summed E-state index contributed by atoms with van der Waals surface area (Å²) in [6.45, 7) is 12.7. The summed E-state index contributed by atoms with van der Waals surface area (Å²) in [4.78, 5) is 58.4. The molecule has 9 fully saturated rings. The number of esters is 5. The highest BCUT2D eigenvalue weighted by Crippen LogP contribution is 2.62. The van der Waals surface area contributed by atoms with E-state index >= 15 is 0 Å². The summed E-state index contributed by atoms with van der Waals surface area (Å²) < 4.78 is 26.3. The first-order valence-electron chi connectivity index (χ1n) is 17.3. The number of rotatable bonds is 5. The lowest BCUT2D eigenvalue weighted by molar-refractivity contribution is -0.163. The van der Waals surface area contributed by atoms with Gasteiger partial charge in [0.2, 0.25) is 0 Å². The molecule has 0 amide bonds. The van der Waals surface area contributed by atoms with Crippen LogP contribution in [0, 0.1) is 71.0 Å². The zero-order valence-corrected chi connectivity index (χ0v) is 28.1. The number of aliphatic hydroxyl groups is 1. The molecule has 258 valence electrons. The lowest BCUT2D eigenvalue weighted by Crippen LogP contribution is -2.45. The molecule has 0 aromatic heterocycles. The van der Waals surface area contributed by atoms with E-state index in [2.05, 4.69) is 6.58 Å².